The number of carbonyl (C=O) groups is 1. The molecule has 0 aliphatic carbocycles. The molecule has 0 aromatic heterocycles. The molecule has 1 rings (SSSR count). The Hall–Kier alpha value is -1.16. The first-order valence-corrected chi connectivity index (χ1v) is 4.22. The maximum absolute atomic E-state index is 10.6. The van der Waals surface area contributed by atoms with E-state index in [1.165, 1.54) is 0 Å². The topological polar surface area (TPSA) is 61.7 Å². The Morgan fingerprint density at radius 2 is 2.46 bits per heavy atom. The summed E-state index contributed by atoms with van der Waals surface area (Å²) < 4.78 is 0. The normalized spacial score (nSPS) is 28.8. The van der Waals surface area contributed by atoms with Gasteiger partial charge in [0.1, 0.15) is 6.04 Å². The van der Waals surface area contributed by atoms with Gasteiger partial charge in [-0.2, -0.15) is 0 Å². The van der Waals surface area contributed by atoms with Crippen molar-refractivity contribution in [3.8, 4) is 0 Å². The van der Waals surface area contributed by atoms with Crippen LogP contribution in [-0.4, -0.2) is 35.4 Å². The van der Waals surface area contributed by atoms with Crippen molar-refractivity contribution < 1.29 is 9.90 Å². The van der Waals surface area contributed by atoms with Gasteiger partial charge < -0.3 is 5.11 Å². The van der Waals surface area contributed by atoms with Gasteiger partial charge in [0.15, 0.2) is 0 Å². The second kappa shape index (κ2) is 3.70. The Bertz CT molecular complexity index is 260. The van der Waals surface area contributed by atoms with E-state index in [2.05, 4.69) is 10.3 Å². The number of hydrogen-bond donors (Lipinski definition) is 2. The Morgan fingerprint density at radius 3 is 2.92 bits per heavy atom. The summed E-state index contributed by atoms with van der Waals surface area (Å²) in [5.41, 5.74) is -0.327. The Balaban J connectivity index is 2.57. The number of aliphatic carboxylic acids is 1. The summed E-state index contributed by atoms with van der Waals surface area (Å²) in [6, 6.07) is -0.553. The molecular weight excluding hydrogens is 168 g/mol. The van der Waals surface area contributed by atoms with Gasteiger partial charge in [0.05, 0.1) is 12.1 Å². The van der Waals surface area contributed by atoms with Gasteiger partial charge in [0, 0.05) is 6.21 Å². The molecule has 1 heterocycles. The van der Waals surface area contributed by atoms with E-state index in [0.29, 0.717) is 6.54 Å². The highest BCUT2D eigenvalue weighted by Gasteiger charge is 2.25. The van der Waals surface area contributed by atoms with E-state index in [0.717, 1.165) is 0 Å². The summed E-state index contributed by atoms with van der Waals surface area (Å²) in [4.78, 5) is 14.7. The van der Waals surface area contributed by atoms with Gasteiger partial charge in [-0.05, 0) is 19.9 Å². The van der Waals surface area contributed by atoms with E-state index in [1.54, 1.807) is 13.1 Å². The number of hydrogen-bond acceptors (Lipinski definition) is 3. The molecule has 4 heteroatoms. The molecule has 0 radical (unpaired) electrons. The maximum Gasteiger partial charge on any atom is 0.320 e. The zero-order chi connectivity index (χ0) is 9.90. The molecule has 1 aliphatic heterocycles. The lowest BCUT2D eigenvalue weighted by molar-refractivity contribution is -0.139. The number of carboxylic acids is 1. The molecule has 13 heavy (non-hydrogen) atoms. The van der Waals surface area contributed by atoms with Gasteiger partial charge in [-0.3, -0.25) is 15.1 Å². The summed E-state index contributed by atoms with van der Waals surface area (Å²) in [6.45, 7) is 4.14. The van der Waals surface area contributed by atoms with Crippen LogP contribution in [0.2, 0.25) is 0 Å². The van der Waals surface area contributed by atoms with E-state index in [-0.39, 0.29) is 5.54 Å². The van der Waals surface area contributed by atoms with Crippen LogP contribution < -0.4 is 5.32 Å². The van der Waals surface area contributed by atoms with Crippen LogP contribution >= 0.6 is 0 Å². The first-order chi connectivity index (χ1) is 6.03. The fourth-order valence-corrected chi connectivity index (χ4v) is 1.26. The van der Waals surface area contributed by atoms with Crippen LogP contribution in [0.15, 0.2) is 17.1 Å². The number of allylic oxidation sites excluding steroid dienone is 1. The predicted molar refractivity (Wildman–Crippen MR) is 51.1 cm³/mol. The Kier molecular flexibility index (Phi) is 2.83. The Labute approximate surface area is 77.4 Å². The third-order valence-corrected chi connectivity index (χ3v) is 1.99. The number of carboxylic acid groups (broad SMARTS) is 1. The smallest absolute Gasteiger partial charge is 0.320 e. The van der Waals surface area contributed by atoms with Crippen LogP contribution in [0, 0.1) is 0 Å². The summed E-state index contributed by atoms with van der Waals surface area (Å²) in [7, 11) is 0. The summed E-state index contributed by atoms with van der Waals surface area (Å²) in [6.07, 6.45) is 5.47. The molecule has 0 saturated carbocycles. The van der Waals surface area contributed by atoms with E-state index < -0.39 is 12.0 Å². The number of nitrogens with one attached hydrogen (secondary N) is 1. The van der Waals surface area contributed by atoms with Crippen molar-refractivity contribution in [2.24, 2.45) is 4.99 Å². The molecule has 4 nitrogen and oxygen atoms in total. The van der Waals surface area contributed by atoms with Gasteiger partial charge >= 0.3 is 5.97 Å². The first kappa shape index (κ1) is 9.92. The lowest BCUT2D eigenvalue weighted by Gasteiger charge is -2.29. The SMILES string of the molecule is C[C@H](NC1(C)C=CC=NC1)C(=O)O. The molecule has 2 atom stereocenters. The maximum atomic E-state index is 10.6. The zero-order valence-electron chi connectivity index (χ0n) is 7.82. The minimum atomic E-state index is -0.843. The van der Waals surface area contributed by atoms with Gasteiger partial charge in [-0.15, -0.1) is 0 Å². The number of nitrogens with zero attached hydrogens (tertiary/aromatic N) is 1. The van der Waals surface area contributed by atoms with Crippen LogP contribution in [0.1, 0.15) is 13.8 Å². The van der Waals surface area contributed by atoms with Crippen molar-refractivity contribution in [1.29, 1.82) is 0 Å². The second-order valence-electron chi connectivity index (χ2n) is 3.47. The standard InChI is InChI=1S/C9H14N2O2/c1-7(8(12)13)11-9(2)4-3-5-10-6-9/h3-5,7,11H,6H2,1-2H3,(H,12,13)/t7-,9?/m0/s1. The fourth-order valence-electron chi connectivity index (χ4n) is 1.26. The van der Waals surface area contributed by atoms with Crippen molar-refractivity contribution >= 4 is 12.2 Å². The number of aliphatic imine (C=N–C) groups is 1. The molecule has 0 saturated heterocycles. The lowest BCUT2D eigenvalue weighted by atomic mass is 9.99. The summed E-state index contributed by atoms with van der Waals surface area (Å²) >= 11 is 0. The Morgan fingerprint density at radius 1 is 1.77 bits per heavy atom. The lowest BCUT2D eigenvalue weighted by Crippen LogP contribution is -2.51. The van der Waals surface area contributed by atoms with Crippen molar-refractivity contribution in [3.63, 3.8) is 0 Å². The van der Waals surface area contributed by atoms with E-state index in [4.69, 9.17) is 5.11 Å². The molecule has 0 bridgehead atoms. The van der Waals surface area contributed by atoms with E-state index >= 15 is 0 Å². The molecule has 0 amide bonds. The molecule has 1 unspecified atom stereocenters. The van der Waals surface area contributed by atoms with Gasteiger partial charge in [0.25, 0.3) is 0 Å². The molecule has 0 aromatic carbocycles. The molecular formula is C9H14N2O2. The minimum absolute atomic E-state index is 0.327. The number of rotatable bonds is 3. The van der Waals surface area contributed by atoms with Crippen molar-refractivity contribution in [2.45, 2.75) is 25.4 Å². The summed E-state index contributed by atoms with van der Waals surface area (Å²) in [5, 5.41) is 11.7. The van der Waals surface area contributed by atoms with Crippen LogP contribution in [0.5, 0.6) is 0 Å². The van der Waals surface area contributed by atoms with Crippen LogP contribution in [0.3, 0.4) is 0 Å². The van der Waals surface area contributed by atoms with Crippen LogP contribution in [0.25, 0.3) is 0 Å². The molecule has 1 aliphatic rings. The summed E-state index contributed by atoms with van der Waals surface area (Å²) in [5.74, 6) is -0.843. The fraction of sp³-hybridized carbons (Fsp3) is 0.556. The largest absolute Gasteiger partial charge is 0.480 e. The molecule has 0 aromatic rings. The third-order valence-electron chi connectivity index (χ3n) is 1.99. The first-order valence-electron chi connectivity index (χ1n) is 4.22. The van der Waals surface area contributed by atoms with Crippen LogP contribution in [0.4, 0.5) is 0 Å². The monoisotopic (exact) mass is 182 g/mol. The minimum Gasteiger partial charge on any atom is -0.480 e. The molecule has 72 valence electrons. The molecule has 0 fully saturated rings. The van der Waals surface area contributed by atoms with Gasteiger partial charge in [-0.1, -0.05) is 6.08 Å². The average Bonchev–Trinajstić information content (AvgIpc) is 2.04. The highest BCUT2D eigenvalue weighted by molar-refractivity contribution is 5.74. The second-order valence-corrected chi connectivity index (χ2v) is 3.47. The van der Waals surface area contributed by atoms with Crippen molar-refractivity contribution in [3.05, 3.63) is 12.2 Å². The quantitative estimate of drug-likeness (QED) is 0.666. The van der Waals surface area contributed by atoms with E-state index in [9.17, 15) is 4.79 Å². The average molecular weight is 182 g/mol. The molecule has 0 spiro atoms. The van der Waals surface area contributed by atoms with Crippen molar-refractivity contribution in [2.75, 3.05) is 6.54 Å². The zero-order valence-corrected chi connectivity index (χ0v) is 7.82. The highest BCUT2D eigenvalue weighted by Crippen LogP contribution is 2.10. The highest BCUT2D eigenvalue weighted by atomic mass is 16.4. The van der Waals surface area contributed by atoms with E-state index in [1.807, 2.05) is 19.1 Å². The third kappa shape index (κ3) is 2.66. The van der Waals surface area contributed by atoms with Gasteiger partial charge in [0.2, 0.25) is 0 Å². The van der Waals surface area contributed by atoms with Gasteiger partial charge in [-0.25, -0.2) is 0 Å². The predicted octanol–water partition coefficient (Wildman–Crippen LogP) is 0.448. The molecule has 2 N–H and O–H groups in total. The number of dihydropyridines is 1. The van der Waals surface area contributed by atoms with Crippen molar-refractivity contribution in [1.82, 2.24) is 5.32 Å². The van der Waals surface area contributed by atoms with Crippen LogP contribution in [-0.2, 0) is 4.79 Å².